The molecular weight excluding hydrogens is 364 g/mol. The van der Waals surface area contributed by atoms with Gasteiger partial charge in [0.15, 0.2) is 6.61 Å². The van der Waals surface area contributed by atoms with E-state index in [0.29, 0.717) is 12.4 Å². The first kappa shape index (κ1) is 18.7. The maximum Gasteiger partial charge on any atom is 0.277 e. The van der Waals surface area contributed by atoms with Crippen molar-refractivity contribution in [3.63, 3.8) is 0 Å². The molecule has 5 nitrogen and oxygen atoms in total. The Hall–Kier alpha value is -3.60. The summed E-state index contributed by atoms with van der Waals surface area (Å²) in [4.78, 5) is 12.0. The summed E-state index contributed by atoms with van der Waals surface area (Å²) in [6.45, 7) is 0.412. The summed E-state index contributed by atoms with van der Waals surface area (Å²) in [5.41, 5.74) is 6.98. The summed E-state index contributed by atoms with van der Waals surface area (Å²) in [5, 5.41) is 4.26. The lowest BCUT2D eigenvalue weighted by Gasteiger charge is -2.08. The minimum atomic E-state index is -0.286. The second-order valence-electron chi connectivity index (χ2n) is 6.78. The van der Waals surface area contributed by atoms with Crippen LogP contribution < -0.4 is 14.9 Å². The Balaban J connectivity index is 1.24. The molecule has 5 heteroatoms. The monoisotopic (exact) mass is 386 g/mol. The van der Waals surface area contributed by atoms with E-state index in [0.717, 1.165) is 35.4 Å². The number of carbonyl (C=O) groups is 1. The van der Waals surface area contributed by atoms with Crippen LogP contribution in [0.4, 0.5) is 0 Å². The van der Waals surface area contributed by atoms with Crippen molar-refractivity contribution in [2.45, 2.75) is 19.4 Å². The van der Waals surface area contributed by atoms with Crippen LogP contribution in [0.15, 0.2) is 84.0 Å². The highest BCUT2D eigenvalue weighted by Gasteiger charge is 2.17. The number of ether oxygens (including phenoxy) is 2. The molecule has 0 atom stereocenters. The quantitative estimate of drug-likeness (QED) is 0.622. The van der Waals surface area contributed by atoms with Gasteiger partial charge in [-0.3, -0.25) is 4.79 Å². The van der Waals surface area contributed by atoms with Gasteiger partial charge >= 0.3 is 0 Å². The fraction of sp³-hybridized carbons (Fsp3) is 0.167. The fourth-order valence-corrected chi connectivity index (χ4v) is 3.21. The average molecular weight is 386 g/mol. The Morgan fingerprint density at radius 2 is 1.52 bits per heavy atom. The normalized spacial score (nSPS) is 13.7. The molecule has 0 saturated heterocycles. The summed E-state index contributed by atoms with van der Waals surface area (Å²) in [6, 6.07) is 25.3. The lowest BCUT2D eigenvalue weighted by molar-refractivity contribution is -0.123. The third-order valence-electron chi connectivity index (χ3n) is 4.72. The van der Waals surface area contributed by atoms with Crippen molar-refractivity contribution in [2.75, 3.05) is 6.61 Å². The Morgan fingerprint density at radius 3 is 2.31 bits per heavy atom. The van der Waals surface area contributed by atoms with Gasteiger partial charge in [-0.2, -0.15) is 5.10 Å². The first-order valence-electron chi connectivity index (χ1n) is 9.61. The number of benzene rings is 3. The predicted octanol–water partition coefficient (Wildman–Crippen LogP) is 4.11. The number of aryl methyl sites for hydroxylation is 1. The lowest BCUT2D eigenvalue weighted by Crippen LogP contribution is -2.25. The Kier molecular flexibility index (Phi) is 5.86. The average Bonchev–Trinajstić information content (AvgIpc) is 3.19. The number of nitrogens with one attached hydrogen (secondary N) is 1. The number of fused-ring (bicyclic) bond motifs is 1. The lowest BCUT2D eigenvalue weighted by atomic mass is 10.1. The van der Waals surface area contributed by atoms with Gasteiger partial charge in [-0.1, -0.05) is 54.6 Å². The van der Waals surface area contributed by atoms with Crippen molar-refractivity contribution in [3.05, 3.63) is 95.6 Å². The Morgan fingerprint density at radius 1 is 0.828 bits per heavy atom. The summed E-state index contributed by atoms with van der Waals surface area (Å²) in [6.07, 6.45) is 1.80. The molecule has 0 unspecified atom stereocenters. The highest BCUT2D eigenvalue weighted by atomic mass is 16.5. The van der Waals surface area contributed by atoms with Crippen molar-refractivity contribution in [1.29, 1.82) is 0 Å². The molecule has 0 spiro atoms. The summed E-state index contributed by atoms with van der Waals surface area (Å²) >= 11 is 0. The van der Waals surface area contributed by atoms with Crippen LogP contribution in [-0.4, -0.2) is 18.2 Å². The minimum Gasteiger partial charge on any atom is -0.489 e. The predicted molar refractivity (Wildman–Crippen MR) is 112 cm³/mol. The molecule has 3 aromatic rings. The van der Waals surface area contributed by atoms with Crippen molar-refractivity contribution in [1.82, 2.24) is 5.43 Å². The van der Waals surface area contributed by atoms with Crippen molar-refractivity contribution in [2.24, 2.45) is 5.10 Å². The van der Waals surface area contributed by atoms with E-state index in [1.807, 2.05) is 60.7 Å². The number of nitrogens with zero attached hydrogens (tertiary/aromatic N) is 1. The zero-order valence-electron chi connectivity index (χ0n) is 16.0. The van der Waals surface area contributed by atoms with Crippen molar-refractivity contribution >= 4 is 11.6 Å². The van der Waals surface area contributed by atoms with Gasteiger partial charge in [-0.15, -0.1) is 0 Å². The first-order chi connectivity index (χ1) is 14.3. The van der Waals surface area contributed by atoms with Gasteiger partial charge in [0, 0.05) is 5.56 Å². The number of amides is 1. The topological polar surface area (TPSA) is 59.9 Å². The zero-order chi connectivity index (χ0) is 19.9. The van der Waals surface area contributed by atoms with Crippen LogP contribution in [0.1, 0.15) is 23.1 Å². The van der Waals surface area contributed by atoms with Gasteiger partial charge in [0.2, 0.25) is 0 Å². The summed E-state index contributed by atoms with van der Waals surface area (Å²) in [7, 11) is 0. The van der Waals surface area contributed by atoms with Gasteiger partial charge in [0.1, 0.15) is 18.1 Å². The van der Waals surface area contributed by atoms with E-state index in [-0.39, 0.29) is 12.5 Å². The SMILES string of the molecule is O=C(COc1ccc(OCc2ccccc2)cc1)N/N=C1\CCc2ccccc21. The third kappa shape index (κ3) is 5.02. The van der Waals surface area contributed by atoms with E-state index in [2.05, 4.69) is 16.6 Å². The maximum atomic E-state index is 12.0. The van der Waals surface area contributed by atoms with Gasteiger partial charge in [0.05, 0.1) is 5.71 Å². The standard InChI is InChI=1S/C24H22N2O3/c27-24(26-25-23-15-10-19-8-4-5-9-22(19)23)17-29-21-13-11-20(12-14-21)28-16-18-6-2-1-3-7-18/h1-9,11-14H,10,15-17H2,(H,26,27)/b25-23+. The van der Waals surface area contributed by atoms with E-state index >= 15 is 0 Å². The van der Waals surface area contributed by atoms with Gasteiger partial charge in [0.25, 0.3) is 5.91 Å². The van der Waals surface area contributed by atoms with Crippen LogP contribution in [0.2, 0.25) is 0 Å². The van der Waals surface area contributed by atoms with Crippen molar-refractivity contribution in [3.8, 4) is 11.5 Å². The van der Waals surface area contributed by atoms with E-state index in [4.69, 9.17) is 9.47 Å². The molecule has 0 aliphatic heterocycles. The van der Waals surface area contributed by atoms with Crippen molar-refractivity contribution < 1.29 is 14.3 Å². The van der Waals surface area contributed by atoms with E-state index in [1.54, 1.807) is 12.1 Å². The smallest absolute Gasteiger partial charge is 0.277 e. The molecule has 29 heavy (non-hydrogen) atoms. The van der Waals surface area contributed by atoms with Crippen LogP contribution in [0.5, 0.6) is 11.5 Å². The number of hydrogen-bond donors (Lipinski definition) is 1. The van der Waals surface area contributed by atoms with Crippen LogP contribution >= 0.6 is 0 Å². The van der Waals surface area contributed by atoms with Crippen LogP contribution in [-0.2, 0) is 17.8 Å². The highest BCUT2D eigenvalue weighted by Crippen LogP contribution is 2.22. The fourth-order valence-electron chi connectivity index (χ4n) is 3.21. The van der Waals surface area contributed by atoms with E-state index in [1.165, 1.54) is 5.56 Å². The molecule has 4 rings (SSSR count). The number of rotatable bonds is 7. The molecule has 1 N–H and O–H groups in total. The number of carbonyl (C=O) groups excluding carboxylic acids is 1. The molecule has 146 valence electrons. The second kappa shape index (κ2) is 9.06. The minimum absolute atomic E-state index is 0.0946. The van der Waals surface area contributed by atoms with Gasteiger partial charge in [-0.25, -0.2) is 5.43 Å². The molecule has 0 saturated carbocycles. The van der Waals surface area contributed by atoms with Crippen LogP contribution in [0.3, 0.4) is 0 Å². The molecule has 1 aliphatic rings. The van der Waals surface area contributed by atoms with Crippen LogP contribution in [0, 0.1) is 0 Å². The van der Waals surface area contributed by atoms with Gasteiger partial charge in [-0.05, 0) is 48.2 Å². The second-order valence-corrected chi connectivity index (χ2v) is 6.78. The molecule has 1 aliphatic carbocycles. The van der Waals surface area contributed by atoms with E-state index < -0.39 is 0 Å². The van der Waals surface area contributed by atoms with Gasteiger partial charge < -0.3 is 9.47 Å². The highest BCUT2D eigenvalue weighted by molar-refractivity contribution is 6.04. The summed E-state index contributed by atoms with van der Waals surface area (Å²) in [5.74, 6) is 1.06. The maximum absolute atomic E-state index is 12.0. The summed E-state index contributed by atoms with van der Waals surface area (Å²) < 4.78 is 11.3. The largest absolute Gasteiger partial charge is 0.489 e. The molecule has 0 fully saturated rings. The zero-order valence-corrected chi connectivity index (χ0v) is 16.0. The Bertz CT molecular complexity index is 998. The molecule has 0 aromatic heterocycles. The molecule has 0 bridgehead atoms. The molecule has 0 radical (unpaired) electrons. The first-order valence-corrected chi connectivity index (χ1v) is 9.61. The number of hydrogen-bond acceptors (Lipinski definition) is 4. The molecular formula is C24H22N2O3. The number of hydrazone groups is 1. The molecule has 3 aromatic carbocycles. The van der Waals surface area contributed by atoms with E-state index in [9.17, 15) is 4.79 Å². The third-order valence-corrected chi connectivity index (χ3v) is 4.72. The molecule has 0 heterocycles. The molecule has 1 amide bonds. The Labute approximate surface area is 170 Å². The van der Waals surface area contributed by atoms with Crippen LogP contribution in [0.25, 0.3) is 0 Å².